The smallest absolute Gasteiger partial charge is 0.363 e. The highest BCUT2D eigenvalue weighted by molar-refractivity contribution is 5.96. The molecule has 166 valence electrons. The maximum atomic E-state index is 13.2. The van der Waals surface area contributed by atoms with Crippen LogP contribution >= 0.6 is 0 Å². The molecule has 2 amide bonds. The molecule has 0 aliphatic carbocycles. The second kappa shape index (κ2) is 7.63. The fraction of sp³-hybridized carbons (Fsp3) is 0.450. The van der Waals surface area contributed by atoms with Crippen molar-refractivity contribution in [2.24, 2.45) is 7.05 Å². The van der Waals surface area contributed by atoms with Crippen molar-refractivity contribution in [2.45, 2.75) is 24.6 Å². The van der Waals surface area contributed by atoms with Crippen molar-refractivity contribution in [1.29, 1.82) is 0 Å². The molecule has 0 radical (unpaired) electrons. The highest BCUT2D eigenvalue weighted by Crippen LogP contribution is 2.35. The Labute approximate surface area is 175 Å². The average Bonchev–Trinajstić information content (AvgIpc) is 3.13. The summed E-state index contributed by atoms with van der Waals surface area (Å²) in [6.07, 6.45) is -2.95. The number of aromatic nitrogens is 2. The topological polar surface area (TPSA) is 67.7 Å². The lowest BCUT2D eigenvalue weighted by Gasteiger charge is -2.47. The average molecular weight is 440 g/mol. The van der Waals surface area contributed by atoms with Crippen molar-refractivity contribution in [2.75, 3.05) is 31.1 Å². The minimum Gasteiger partial charge on any atom is -0.363 e. The van der Waals surface area contributed by atoms with Crippen molar-refractivity contribution in [3.05, 3.63) is 47.5 Å². The van der Waals surface area contributed by atoms with Gasteiger partial charge < -0.3 is 14.5 Å². The van der Waals surface area contributed by atoms with Crippen LogP contribution in [0.2, 0.25) is 0 Å². The zero-order valence-corrected chi connectivity index (χ0v) is 16.7. The number of hydrogen-bond donors (Lipinski definition) is 0. The molecule has 3 heterocycles. The Morgan fingerprint density at radius 2 is 1.81 bits per heavy atom. The van der Waals surface area contributed by atoms with Crippen LogP contribution in [-0.4, -0.2) is 58.3 Å². The van der Waals surface area contributed by atoms with Crippen molar-refractivity contribution in [1.82, 2.24) is 14.7 Å². The van der Waals surface area contributed by atoms with Gasteiger partial charge in [0.25, 0.3) is 11.8 Å². The second-order valence-corrected chi connectivity index (χ2v) is 7.78. The normalized spacial score (nSPS) is 19.2. The van der Waals surface area contributed by atoms with Gasteiger partial charge in [-0.3, -0.25) is 14.3 Å². The standard InChI is InChI=1S/C20H20F4N4O3/c1-26-10-15(17(25-26)20(22,23)24)18(30)27-8-6-19(7-9-27)12-28(16(29)11-31-19)14-4-2-13(21)3-5-14/h2-5,10H,6-9,11-12H2,1H3. The van der Waals surface area contributed by atoms with Gasteiger partial charge in [-0.2, -0.15) is 18.3 Å². The highest BCUT2D eigenvalue weighted by atomic mass is 19.4. The third-order valence-electron chi connectivity index (χ3n) is 5.68. The molecule has 1 aromatic heterocycles. The van der Waals surface area contributed by atoms with Crippen molar-refractivity contribution >= 4 is 17.5 Å². The van der Waals surface area contributed by atoms with Gasteiger partial charge in [0.1, 0.15) is 12.4 Å². The molecule has 0 N–H and O–H groups in total. The number of carbonyl (C=O) groups excluding carboxylic acids is 2. The first-order valence-corrected chi connectivity index (χ1v) is 9.68. The number of benzene rings is 1. The molecular weight excluding hydrogens is 420 g/mol. The Morgan fingerprint density at radius 3 is 2.42 bits per heavy atom. The first-order valence-electron chi connectivity index (χ1n) is 9.68. The zero-order chi connectivity index (χ0) is 22.4. The number of anilines is 1. The number of morpholine rings is 1. The van der Waals surface area contributed by atoms with Gasteiger partial charge in [0.15, 0.2) is 5.69 Å². The summed E-state index contributed by atoms with van der Waals surface area (Å²) in [7, 11) is 1.33. The molecule has 7 nitrogen and oxygen atoms in total. The molecule has 4 rings (SSSR count). The van der Waals surface area contributed by atoms with E-state index in [-0.39, 0.29) is 32.1 Å². The van der Waals surface area contributed by atoms with Crippen LogP contribution < -0.4 is 4.90 Å². The summed E-state index contributed by atoms with van der Waals surface area (Å²) in [5, 5.41) is 3.39. The first-order chi connectivity index (χ1) is 14.6. The van der Waals surface area contributed by atoms with Crippen LogP contribution in [0.5, 0.6) is 0 Å². The number of nitrogens with zero attached hydrogens (tertiary/aromatic N) is 4. The van der Waals surface area contributed by atoms with E-state index in [0.717, 1.165) is 10.9 Å². The highest BCUT2D eigenvalue weighted by Gasteiger charge is 2.45. The van der Waals surface area contributed by atoms with Crippen LogP contribution in [0.25, 0.3) is 0 Å². The van der Waals surface area contributed by atoms with E-state index in [4.69, 9.17) is 4.74 Å². The largest absolute Gasteiger partial charge is 0.435 e. The molecule has 2 saturated heterocycles. The van der Waals surface area contributed by atoms with Crippen LogP contribution in [-0.2, 0) is 22.8 Å². The fourth-order valence-corrected chi connectivity index (χ4v) is 4.02. The van der Waals surface area contributed by atoms with Gasteiger partial charge in [-0.15, -0.1) is 0 Å². The molecule has 2 aromatic rings. The molecule has 1 spiro atoms. The molecule has 0 saturated carbocycles. The third kappa shape index (κ3) is 4.14. The van der Waals surface area contributed by atoms with E-state index >= 15 is 0 Å². The number of hydrogen-bond acceptors (Lipinski definition) is 4. The number of amides is 2. The summed E-state index contributed by atoms with van der Waals surface area (Å²) in [6.45, 7) is 0.416. The Balaban J connectivity index is 1.47. The monoisotopic (exact) mass is 440 g/mol. The first kappa shape index (κ1) is 21.3. The molecule has 0 unspecified atom stereocenters. The van der Waals surface area contributed by atoms with Gasteiger partial charge in [-0.25, -0.2) is 4.39 Å². The van der Waals surface area contributed by atoms with Crippen LogP contribution in [0.4, 0.5) is 23.2 Å². The molecule has 0 atom stereocenters. The van der Waals surface area contributed by atoms with Crippen molar-refractivity contribution < 1.29 is 31.9 Å². The number of aryl methyl sites for hydroxylation is 1. The number of carbonyl (C=O) groups is 2. The number of halogens is 4. The summed E-state index contributed by atoms with van der Waals surface area (Å²) in [6, 6.07) is 5.54. The number of alkyl halides is 3. The van der Waals surface area contributed by atoms with Crippen LogP contribution in [0, 0.1) is 5.82 Å². The third-order valence-corrected chi connectivity index (χ3v) is 5.68. The Morgan fingerprint density at radius 1 is 1.16 bits per heavy atom. The number of ether oxygens (including phenoxy) is 1. The maximum Gasteiger partial charge on any atom is 0.435 e. The predicted octanol–water partition coefficient (Wildman–Crippen LogP) is 2.62. The molecule has 1 aromatic carbocycles. The molecule has 11 heteroatoms. The lowest BCUT2D eigenvalue weighted by atomic mass is 9.88. The quantitative estimate of drug-likeness (QED) is 0.674. The molecule has 2 aliphatic heterocycles. The van der Waals surface area contributed by atoms with E-state index < -0.39 is 34.8 Å². The van der Waals surface area contributed by atoms with E-state index in [9.17, 15) is 27.2 Å². The van der Waals surface area contributed by atoms with Crippen molar-refractivity contribution in [3.63, 3.8) is 0 Å². The second-order valence-electron chi connectivity index (χ2n) is 7.78. The van der Waals surface area contributed by atoms with Crippen LogP contribution in [0.3, 0.4) is 0 Å². The van der Waals surface area contributed by atoms with E-state index in [1.165, 1.54) is 41.1 Å². The molecule has 2 fully saturated rings. The number of piperidine rings is 1. The van der Waals surface area contributed by atoms with Gasteiger partial charge in [0.2, 0.25) is 0 Å². The van der Waals surface area contributed by atoms with E-state index in [0.29, 0.717) is 18.5 Å². The van der Waals surface area contributed by atoms with Gasteiger partial charge in [0.05, 0.1) is 17.7 Å². The zero-order valence-electron chi connectivity index (χ0n) is 16.7. The van der Waals surface area contributed by atoms with Crippen LogP contribution in [0.1, 0.15) is 28.9 Å². The molecule has 31 heavy (non-hydrogen) atoms. The molecule has 0 bridgehead atoms. The lowest BCUT2D eigenvalue weighted by molar-refractivity contribution is -0.144. The fourth-order valence-electron chi connectivity index (χ4n) is 4.02. The Hall–Kier alpha value is -2.95. The summed E-state index contributed by atoms with van der Waals surface area (Å²) < 4.78 is 59.6. The molecule has 2 aliphatic rings. The Bertz CT molecular complexity index is 995. The van der Waals surface area contributed by atoms with Crippen molar-refractivity contribution in [3.8, 4) is 0 Å². The minimum atomic E-state index is -4.73. The lowest BCUT2D eigenvalue weighted by Crippen LogP contribution is -2.59. The van der Waals surface area contributed by atoms with E-state index in [2.05, 4.69) is 5.10 Å². The van der Waals surface area contributed by atoms with Gasteiger partial charge in [-0.1, -0.05) is 0 Å². The summed E-state index contributed by atoms with van der Waals surface area (Å²) in [4.78, 5) is 27.9. The Kier molecular flexibility index (Phi) is 5.24. The summed E-state index contributed by atoms with van der Waals surface area (Å²) in [5.41, 5.74) is -1.88. The summed E-state index contributed by atoms with van der Waals surface area (Å²) in [5.74, 6) is -1.42. The van der Waals surface area contributed by atoms with Gasteiger partial charge in [-0.05, 0) is 37.1 Å². The molecular formula is C20H20F4N4O3. The van der Waals surface area contributed by atoms with Crippen LogP contribution in [0.15, 0.2) is 30.5 Å². The minimum absolute atomic E-state index is 0.161. The number of rotatable bonds is 2. The number of likely N-dealkylation sites (tertiary alicyclic amines) is 1. The maximum absolute atomic E-state index is 13.2. The van der Waals surface area contributed by atoms with Gasteiger partial charge >= 0.3 is 6.18 Å². The predicted molar refractivity (Wildman–Crippen MR) is 101 cm³/mol. The summed E-state index contributed by atoms with van der Waals surface area (Å²) >= 11 is 0. The van der Waals surface area contributed by atoms with Gasteiger partial charge in [0, 0.05) is 32.0 Å². The SMILES string of the molecule is Cn1cc(C(=O)N2CCC3(CC2)CN(c2ccc(F)cc2)C(=O)CO3)c(C(F)(F)F)n1. The van der Waals surface area contributed by atoms with E-state index in [1.807, 2.05) is 0 Å². The van der Waals surface area contributed by atoms with E-state index in [1.54, 1.807) is 0 Å².